The Labute approximate surface area is 133 Å². The predicted octanol–water partition coefficient (Wildman–Crippen LogP) is -0.372. The Kier molecular flexibility index (Phi) is 5.67. The second-order valence-electron chi connectivity index (χ2n) is 6.09. The quantitative estimate of drug-likeness (QED) is 0.630. The van der Waals surface area contributed by atoms with Crippen molar-refractivity contribution in [1.29, 1.82) is 0 Å². The number of carbonyl (C=O) groups excluding carboxylic acids is 2. The van der Waals surface area contributed by atoms with Crippen LogP contribution in [0.25, 0.3) is 0 Å². The number of carboxylic acid groups (broad SMARTS) is 1. The van der Waals surface area contributed by atoms with Crippen LogP contribution < -0.4 is 16.6 Å². The molecule has 1 unspecified atom stereocenters. The number of aromatic nitrogens is 1. The van der Waals surface area contributed by atoms with Crippen LogP contribution in [0.5, 0.6) is 0 Å². The fourth-order valence-electron chi connectivity index (χ4n) is 2.03. The molecule has 4 N–H and O–H groups in total. The number of aryl methyl sites for hydroxylation is 1. The van der Waals surface area contributed by atoms with E-state index in [4.69, 9.17) is 10.8 Å². The van der Waals surface area contributed by atoms with E-state index in [1.54, 1.807) is 26.1 Å². The monoisotopic (exact) mass is 323 g/mol. The van der Waals surface area contributed by atoms with Crippen molar-refractivity contribution < 1.29 is 19.5 Å². The minimum atomic E-state index is -1.39. The van der Waals surface area contributed by atoms with Crippen LogP contribution in [0.2, 0.25) is 0 Å². The molecule has 23 heavy (non-hydrogen) atoms. The average molecular weight is 323 g/mol. The number of hydrogen-bond donors (Lipinski definition) is 3. The van der Waals surface area contributed by atoms with Crippen molar-refractivity contribution in [3.63, 3.8) is 0 Å². The predicted molar refractivity (Wildman–Crippen MR) is 82.6 cm³/mol. The van der Waals surface area contributed by atoms with Gasteiger partial charge < -0.3 is 20.7 Å². The number of carbonyl (C=O) groups is 3. The van der Waals surface area contributed by atoms with Gasteiger partial charge in [0.15, 0.2) is 0 Å². The molecule has 126 valence electrons. The van der Waals surface area contributed by atoms with Crippen molar-refractivity contribution in [3.05, 3.63) is 34.2 Å². The number of amides is 2. The smallest absolute Gasteiger partial charge is 0.326 e. The minimum absolute atomic E-state index is 0.0717. The summed E-state index contributed by atoms with van der Waals surface area (Å²) in [7, 11) is 0. The summed E-state index contributed by atoms with van der Waals surface area (Å²) < 4.78 is 1.39. The van der Waals surface area contributed by atoms with Crippen LogP contribution in [0.4, 0.5) is 0 Å². The number of rotatable bonds is 7. The van der Waals surface area contributed by atoms with E-state index in [2.05, 4.69) is 5.32 Å². The van der Waals surface area contributed by atoms with Crippen molar-refractivity contribution in [2.75, 3.05) is 0 Å². The van der Waals surface area contributed by atoms with Gasteiger partial charge in [-0.3, -0.25) is 14.4 Å². The van der Waals surface area contributed by atoms with Crippen LogP contribution in [0.15, 0.2) is 23.1 Å². The van der Waals surface area contributed by atoms with Crippen LogP contribution in [0.3, 0.4) is 0 Å². The Balaban J connectivity index is 2.91. The number of hydrogen-bond acceptors (Lipinski definition) is 4. The maximum Gasteiger partial charge on any atom is 0.326 e. The Hall–Kier alpha value is -2.64. The summed E-state index contributed by atoms with van der Waals surface area (Å²) >= 11 is 0. The number of nitrogens with zero attached hydrogens (tertiary/aromatic N) is 1. The van der Waals surface area contributed by atoms with E-state index in [1.807, 2.05) is 6.92 Å². The molecule has 1 aromatic heterocycles. The zero-order valence-electron chi connectivity index (χ0n) is 13.3. The lowest BCUT2D eigenvalue weighted by atomic mass is 9.91. The first-order chi connectivity index (χ1) is 10.5. The topological polar surface area (TPSA) is 131 Å². The van der Waals surface area contributed by atoms with Crippen LogP contribution in [-0.4, -0.2) is 33.5 Å². The van der Waals surface area contributed by atoms with Gasteiger partial charge in [-0.2, -0.15) is 0 Å². The molecule has 0 aromatic carbocycles. The summed E-state index contributed by atoms with van der Waals surface area (Å²) in [6.45, 7) is 5.05. The summed E-state index contributed by atoms with van der Waals surface area (Å²) in [5.74, 6) is -2.76. The van der Waals surface area contributed by atoms with Crippen LogP contribution in [0, 0.1) is 12.3 Å². The molecule has 0 radical (unpaired) electrons. The van der Waals surface area contributed by atoms with E-state index >= 15 is 0 Å². The highest BCUT2D eigenvalue weighted by Crippen LogP contribution is 2.18. The first-order valence-electron chi connectivity index (χ1n) is 7.02. The van der Waals surface area contributed by atoms with Crippen LogP contribution >= 0.6 is 0 Å². The molecular weight excluding hydrogens is 302 g/mol. The fraction of sp³-hybridized carbons (Fsp3) is 0.467. The lowest BCUT2D eigenvalue weighted by Crippen LogP contribution is -2.49. The highest BCUT2D eigenvalue weighted by molar-refractivity contribution is 5.90. The summed E-state index contributed by atoms with van der Waals surface area (Å²) in [4.78, 5) is 46.1. The first kappa shape index (κ1) is 18.4. The Bertz CT molecular complexity index is 678. The molecule has 0 saturated heterocycles. The Morgan fingerprint density at radius 3 is 2.48 bits per heavy atom. The van der Waals surface area contributed by atoms with E-state index in [0.717, 1.165) is 5.56 Å². The number of nitrogens with two attached hydrogens (primary N) is 1. The molecule has 0 aliphatic carbocycles. The normalized spacial score (nSPS) is 12.5. The fourth-order valence-corrected chi connectivity index (χ4v) is 2.03. The molecule has 8 nitrogen and oxygen atoms in total. The van der Waals surface area contributed by atoms with Gasteiger partial charge in [-0.05, 0) is 26.3 Å². The van der Waals surface area contributed by atoms with Gasteiger partial charge in [-0.15, -0.1) is 0 Å². The first-order valence-corrected chi connectivity index (χ1v) is 7.02. The molecule has 2 amide bonds. The van der Waals surface area contributed by atoms with E-state index in [-0.39, 0.29) is 12.1 Å². The SMILES string of the molecule is Cc1ccc(=O)n(CC(C)(C)C(=O)NC(CC(N)=O)C(=O)O)c1. The molecule has 1 atom stereocenters. The molecule has 1 rings (SSSR count). The number of pyridine rings is 1. The average Bonchev–Trinajstić information content (AvgIpc) is 2.41. The van der Waals surface area contributed by atoms with Gasteiger partial charge >= 0.3 is 5.97 Å². The van der Waals surface area contributed by atoms with Gasteiger partial charge in [0.05, 0.1) is 11.8 Å². The van der Waals surface area contributed by atoms with Gasteiger partial charge in [0.1, 0.15) is 6.04 Å². The highest BCUT2D eigenvalue weighted by Gasteiger charge is 2.32. The molecule has 0 aliphatic heterocycles. The lowest BCUT2D eigenvalue weighted by molar-refractivity contribution is -0.145. The van der Waals surface area contributed by atoms with Crippen LogP contribution in [0.1, 0.15) is 25.8 Å². The molecule has 0 aliphatic rings. The van der Waals surface area contributed by atoms with Gasteiger partial charge in [0.2, 0.25) is 11.8 Å². The van der Waals surface area contributed by atoms with E-state index in [9.17, 15) is 19.2 Å². The highest BCUT2D eigenvalue weighted by atomic mass is 16.4. The maximum atomic E-state index is 12.3. The zero-order valence-corrected chi connectivity index (χ0v) is 13.3. The van der Waals surface area contributed by atoms with Crippen molar-refractivity contribution >= 4 is 17.8 Å². The van der Waals surface area contributed by atoms with Crippen LogP contribution in [-0.2, 0) is 20.9 Å². The van der Waals surface area contributed by atoms with E-state index < -0.39 is 35.7 Å². The molecule has 0 spiro atoms. The lowest BCUT2D eigenvalue weighted by Gasteiger charge is -2.26. The van der Waals surface area contributed by atoms with Gasteiger partial charge in [0, 0.05) is 18.8 Å². The summed E-state index contributed by atoms with van der Waals surface area (Å²) in [6.07, 6.45) is 1.12. The summed E-state index contributed by atoms with van der Waals surface area (Å²) in [5, 5.41) is 11.3. The third-order valence-electron chi connectivity index (χ3n) is 3.32. The number of nitrogens with one attached hydrogen (secondary N) is 1. The van der Waals surface area contributed by atoms with Crippen molar-refractivity contribution in [2.45, 2.75) is 39.8 Å². The van der Waals surface area contributed by atoms with Gasteiger partial charge in [-0.25, -0.2) is 4.79 Å². The second-order valence-corrected chi connectivity index (χ2v) is 6.09. The molecule has 1 heterocycles. The van der Waals surface area contributed by atoms with E-state index in [0.29, 0.717) is 0 Å². The van der Waals surface area contributed by atoms with Gasteiger partial charge in [-0.1, -0.05) is 6.07 Å². The zero-order chi connectivity index (χ0) is 17.8. The standard InChI is InChI=1S/C15H21N3O5/c1-9-4-5-12(20)18(7-9)8-15(2,3)14(23)17-10(13(21)22)6-11(16)19/h4-5,7,10H,6,8H2,1-3H3,(H2,16,19)(H,17,23)(H,21,22). The third-order valence-corrected chi connectivity index (χ3v) is 3.32. The summed E-state index contributed by atoms with van der Waals surface area (Å²) in [6, 6.07) is 1.67. The third kappa shape index (κ3) is 5.24. The van der Waals surface area contributed by atoms with Crippen molar-refractivity contribution in [2.24, 2.45) is 11.1 Å². The Morgan fingerprint density at radius 2 is 1.96 bits per heavy atom. The molecule has 1 aromatic rings. The van der Waals surface area contributed by atoms with Gasteiger partial charge in [0.25, 0.3) is 5.56 Å². The maximum absolute atomic E-state index is 12.3. The minimum Gasteiger partial charge on any atom is -0.480 e. The number of carboxylic acids is 1. The number of primary amides is 1. The number of aliphatic carboxylic acids is 1. The molecule has 0 fully saturated rings. The Morgan fingerprint density at radius 1 is 1.35 bits per heavy atom. The van der Waals surface area contributed by atoms with E-state index in [1.165, 1.54) is 10.6 Å². The molecule has 0 bridgehead atoms. The summed E-state index contributed by atoms with van der Waals surface area (Å²) in [5.41, 5.74) is 4.52. The molecular formula is C15H21N3O5. The van der Waals surface area contributed by atoms with Crippen molar-refractivity contribution in [3.8, 4) is 0 Å². The second kappa shape index (κ2) is 7.08. The largest absolute Gasteiger partial charge is 0.480 e. The molecule has 0 saturated carbocycles. The van der Waals surface area contributed by atoms with Crippen molar-refractivity contribution in [1.82, 2.24) is 9.88 Å². The molecule has 8 heteroatoms.